The molecule has 0 amide bonds. The number of hydrogen-bond donors (Lipinski definition) is 0. The fourth-order valence-corrected chi connectivity index (χ4v) is 2.85. The van der Waals surface area contributed by atoms with E-state index in [-0.39, 0.29) is 15.3 Å². The van der Waals surface area contributed by atoms with Crippen LogP contribution in [0, 0.1) is 0 Å². The molecule has 3 heteroatoms. The second-order valence-electron chi connectivity index (χ2n) is 6.67. The topological polar surface area (TPSA) is 17.1 Å². The molecule has 1 nitrogen and oxygen atoms in total. The van der Waals surface area contributed by atoms with E-state index >= 15 is 0 Å². The van der Waals surface area contributed by atoms with Crippen LogP contribution in [0.5, 0.6) is 0 Å². The molecule has 0 spiro atoms. The SMILES string of the molecule is CC(C)(C)SC(=O)Cc1cccbc1C(C)(C)C. The third-order valence-corrected chi connectivity index (χ3v) is 3.56. The molecule has 98 valence electrons. The number of hydrogen-bond acceptors (Lipinski definition) is 2. The second-order valence-corrected chi connectivity index (χ2v) is 8.55. The molecule has 0 atom stereocenters. The van der Waals surface area contributed by atoms with Crippen LogP contribution in [-0.4, -0.2) is 16.8 Å². The van der Waals surface area contributed by atoms with Crippen LogP contribution >= 0.6 is 11.8 Å². The Kier molecular flexibility index (Phi) is 4.82. The number of rotatable bonds is 2. The van der Waals surface area contributed by atoms with Crippen molar-refractivity contribution in [3.05, 3.63) is 29.1 Å². The van der Waals surface area contributed by atoms with E-state index in [2.05, 4.69) is 54.5 Å². The summed E-state index contributed by atoms with van der Waals surface area (Å²) in [4.78, 5) is 12.1. The van der Waals surface area contributed by atoms with Crippen LogP contribution in [0.3, 0.4) is 0 Å². The van der Waals surface area contributed by atoms with Crippen molar-refractivity contribution in [2.45, 2.75) is 58.1 Å². The minimum atomic E-state index is -0.00619. The Morgan fingerprint density at radius 2 is 1.83 bits per heavy atom. The van der Waals surface area contributed by atoms with E-state index in [1.54, 1.807) is 0 Å². The van der Waals surface area contributed by atoms with E-state index in [9.17, 15) is 4.79 Å². The summed E-state index contributed by atoms with van der Waals surface area (Å²) in [5.41, 5.74) is 2.52. The maximum atomic E-state index is 12.1. The molecular weight excluding hydrogens is 239 g/mol. The van der Waals surface area contributed by atoms with Gasteiger partial charge in [0.05, 0.1) is 0 Å². The van der Waals surface area contributed by atoms with Gasteiger partial charge in [0, 0.05) is 0 Å². The molecule has 0 N–H and O–H groups in total. The zero-order valence-corrected chi connectivity index (χ0v) is 13.1. The van der Waals surface area contributed by atoms with Crippen molar-refractivity contribution < 1.29 is 4.79 Å². The molecule has 0 aliphatic carbocycles. The molecule has 0 bridgehead atoms. The summed E-state index contributed by atoms with van der Waals surface area (Å²) >= 11 is 1.43. The summed E-state index contributed by atoms with van der Waals surface area (Å²) in [5.74, 6) is 2.05. The number of thioether (sulfide) groups is 1. The van der Waals surface area contributed by atoms with E-state index in [0.717, 1.165) is 5.56 Å². The first kappa shape index (κ1) is 15.5. The Balaban J connectivity index is 2.89. The Morgan fingerprint density at radius 3 is 2.33 bits per heavy atom. The van der Waals surface area contributed by atoms with Crippen molar-refractivity contribution in [3.8, 4) is 0 Å². The molecule has 0 unspecified atom stereocenters. The maximum absolute atomic E-state index is 12.1. The van der Waals surface area contributed by atoms with E-state index in [4.69, 9.17) is 0 Å². The summed E-state index contributed by atoms with van der Waals surface area (Å²) < 4.78 is -0.00619. The molecule has 0 fully saturated rings. The van der Waals surface area contributed by atoms with Gasteiger partial charge in [0.15, 0.2) is 0 Å². The zero-order valence-electron chi connectivity index (χ0n) is 12.3. The minimum absolute atomic E-state index is 0.00619. The van der Waals surface area contributed by atoms with Gasteiger partial charge in [0.2, 0.25) is 0 Å². The van der Waals surface area contributed by atoms with Crippen LogP contribution < -0.4 is 0 Å². The van der Waals surface area contributed by atoms with Crippen molar-refractivity contribution in [2.24, 2.45) is 0 Å². The van der Waals surface area contributed by atoms with E-state index in [1.807, 2.05) is 12.0 Å². The van der Waals surface area contributed by atoms with Crippen molar-refractivity contribution in [3.63, 3.8) is 0 Å². The van der Waals surface area contributed by atoms with E-state index in [1.165, 1.54) is 17.2 Å². The molecular formula is C15H23BOS. The fourth-order valence-electron chi connectivity index (χ4n) is 1.94. The molecule has 0 radical (unpaired) electrons. The third-order valence-electron chi connectivity index (χ3n) is 2.58. The summed E-state index contributed by atoms with van der Waals surface area (Å²) in [6.45, 7) is 14.9. The standard InChI is InChI=1S/C15H23BOS/c1-14(2,3)13-11(8-7-9-16-13)10-12(17)18-15(4,5)6/h7-9H,10H2,1-6H3. The van der Waals surface area contributed by atoms with Gasteiger partial charge in [-0.15, -0.1) is 0 Å². The first-order chi connectivity index (χ1) is 8.09. The Morgan fingerprint density at radius 1 is 1.22 bits per heavy atom. The van der Waals surface area contributed by atoms with Crippen molar-refractivity contribution in [2.75, 3.05) is 0 Å². The normalized spacial score (nSPS) is 12.3. The fraction of sp³-hybridized carbons (Fsp3) is 0.600. The quantitative estimate of drug-likeness (QED) is 0.803. The molecule has 0 aliphatic heterocycles. The van der Waals surface area contributed by atoms with E-state index < -0.39 is 0 Å². The van der Waals surface area contributed by atoms with Gasteiger partial charge >= 0.3 is 116 Å². The third kappa shape index (κ3) is 4.97. The van der Waals surface area contributed by atoms with Crippen LogP contribution in [0.2, 0.25) is 0 Å². The monoisotopic (exact) mass is 262 g/mol. The van der Waals surface area contributed by atoms with Gasteiger partial charge in [-0.1, -0.05) is 0 Å². The van der Waals surface area contributed by atoms with Gasteiger partial charge in [-0.3, -0.25) is 0 Å². The van der Waals surface area contributed by atoms with Crippen LogP contribution in [0.1, 0.15) is 52.6 Å². The molecule has 0 saturated carbocycles. The molecule has 0 aromatic carbocycles. The van der Waals surface area contributed by atoms with Crippen molar-refractivity contribution >= 4 is 23.8 Å². The molecule has 0 saturated heterocycles. The predicted octanol–water partition coefficient (Wildman–Crippen LogP) is 3.92. The molecule has 1 rings (SSSR count). The molecule has 18 heavy (non-hydrogen) atoms. The Bertz CT molecular complexity index is 427. The van der Waals surface area contributed by atoms with Gasteiger partial charge in [0.1, 0.15) is 0 Å². The van der Waals surface area contributed by atoms with Crippen LogP contribution in [0.15, 0.2) is 18.1 Å². The summed E-state index contributed by atoms with van der Waals surface area (Å²) in [5, 5.41) is 0.249. The molecule has 0 aliphatic rings. The van der Waals surface area contributed by atoms with Crippen LogP contribution in [0.25, 0.3) is 0 Å². The molecule has 1 aromatic rings. The average molecular weight is 262 g/mol. The Hall–Kier alpha value is -0.565. The number of carbonyl (C=O) groups excluding carboxylic acids is 1. The molecule has 1 aromatic heterocycles. The van der Waals surface area contributed by atoms with Crippen LogP contribution in [0.4, 0.5) is 0 Å². The van der Waals surface area contributed by atoms with Gasteiger partial charge in [-0.2, -0.15) is 0 Å². The van der Waals surface area contributed by atoms with Gasteiger partial charge in [-0.25, -0.2) is 0 Å². The summed E-state index contributed by atoms with van der Waals surface area (Å²) in [6.07, 6.45) is 0.523. The average Bonchev–Trinajstić information content (AvgIpc) is 2.13. The first-order valence-electron chi connectivity index (χ1n) is 6.40. The first-order valence-corrected chi connectivity index (χ1v) is 7.21. The summed E-state index contributed by atoms with van der Waals surface area (Å²) in [7, 11) is 0. The Labute approximate surface area is 116 Å². The van der Waals surface area contributed by atoms with Crippen LogP contribution in [-0.2, 0) is 16.6 Å². The summed E-state index contributed by atoms with van der Waals surface area (Å²) in [6, 6.07) is 4.08. The molecule has 1 heterocycles. The van der Waals surface area contributed by atoms with Gasteiger partial charge in [0.25, 0.3) is 0 Å². The second kappa shape index (κ2) is 5.60. The zero-order chi connectivity index (χ0) is 14.0. The van der Waals surface area contributed by atoms with Crippen molar-refractivity contribution in [1.82, 2.24) is 0 Å². The van der Waals surface area contributed by atoms with Gasteiger partial charge in [-0.05, 0) is 0 Å². The van der Waals surface area contributed by atoms with Gasteiger partial charge < -0.3 is 0 Å². The van der Waals surface area contributed by atoms with E-state index in [0.29, 0.717) is 6.42 Å². The van der Waals surface area contributed by atoms with Crippen molar-refractivity contribution in [1.29, 1.82) is 0 Å². The number of carbonyl (C=O) groups is 1. The predicted molar refractivity (Wildman–Crippen MR) is 82.5 cm³/mol.